The summed E-state index contributed by atoms with van der Waals surface area (Å²) in [4.78, 5) is 23.7. The van der Waals surface area contributed by atoms with Crippen LogP contribution in [0, 0.1) is 0 Å². The van der Waals surface area contributed by atoms with Crippen LogP contribution in [-0.2, 0) is 19.5 Å². The molecular formula is C30H63IN4O6S. The van der Waals surface area contributed by atoms with E-state index in [0.29, 0.717) is 24.0 Å². The van der Waals surface area contributed by atoms with Crippen LogP contribution in [0.1, 0.15) is 116 Å². The normalized spacial score (nSPS) is 12.3. The van der Waals surface area contributed by atoms with E-state index in [1.54, 1.807) is 0 Å². The Hall–Kier alpha value is -0.860. The zero-order chi connectivity index (χ0) is 30.8. The highest BCUT2D eigenvalue weighted by Gasteiger charge is 2.20. The molecule has 0 aliphatic rings. The molecule has 0 aromatic heterocycles. The Morgan fingerprint density at radius 3 is 1.67 bits per heavy atom. The highest BCUT2D eigenvalue weighted by molar-refractivity contribution is 7.89. The minimum Gasteiger partial charge on any atom is -1.00 e. The highest BCUT2D eigenvalue weighted by Crippen LogP contribution is 2.13. The summed E-state index contributed by atoms with van der Waals surface area (Å²) in [5.74, 6) is -0.0319. The number of alkyl carbamates (subject to hydrolysis) is 2. The van der Waals surface area contributed by atoms with Crippen molar-refractivity contribution in [2.45, 2.75) is 122 Å². The summed E-state index contributed by atoms with van der Waals surface area (Å²) < 4.78 is 38.1. The molecule has 3 N–H and O–H groups in total. The molecule has 0 heterocycles. The van der Waals surface area contributed by atoms with Gasteiger partial charge in [-0.2, -0.15) is 0 Å². The molecule has 0 fully saturated rings. The molecule has 0 spiro atoms. The maximum atomic E-state index is 12.3. The number of carbonyl (C=O) groups excluding carboxylic acids is 2. The Labute approximate surface area is 274 Å². The number of amides is 2. The van der Waals surface area contributed by atoms with Crippen LogP contribution in [-0.4, -0.2) is 91.4 Å². The summed E-state index contributed by atoms with van der Waals surface area (Å²) in [6.45, 7) is 3.06. The topological polar surface area (TPSA) is 123 Å². The summed E-state index contributed by atoms with van der Waals surface area (Å²) in [6.07, 6.45) is 18.9. The van der Waals surface area contributed by atoms with Crippen molar-refractivity contribution in [1.29, 1.82) is 0 Å². The van der Waals surface area contributed by atoms with Gasteiger partial charge in [0.05, 0.1) is 40.0 Å². The van der Waals surface area contributed by atoms with Gasteiger partial charge in [-0.3, -0.25) is 0 Å². The molecule has 1 unspecified atom stereocenters. The maximum absolute atomic E-state index is 12.3. The van der Waals surface area contributed by atoms with Gasteiger partial charge in [0.1, 0.15) is 6.61 Å². The van der Waals surface area contributed by atoms with Crippen LogP contribution in [0.15, 0.2) is 0 Å². The molecule has 0 saturated carbocycles. The van der Waals surface area contributed by atoms with Gasteiger partial charge in [0.2, 0.25) is 10.0 Å². The fourth-order valence-electron chi connectivity index (χ4n) is 4.45. The van der Waals surface area contributed by atoms with E-state index in [1.165, 1.54) is 90.5 Å². The van der Waals surface area contributed by atoms with E-state index in [2.05, 4.69) is 22.3 Å². The molecule has 0 radical (unpaired) electrons. The third kappa shape index (κ3) is 30.6. The number of nitrogens with zero attached hydrogens (tertiary/aromatic N) is 1. The molecule has 12 heteroatoms. The highest BCUT2D eigenvalue weighted by atomic mass is 127. The largest absolute Gasteiger partial charge is 1.00 e. The van der Waals surface area contributed by atoms with Crippen molar-refractivity contribution in [2.75, 3.05) is 60.2 Å². The zero-order valence-corrected chi connectivity index (χ0v) is 30.3. The Morgan fingerprint density at radius 1 is 0.738 bits per heavy atom. The van der Waals surface area contributed by atoms with E-state index in [1.807, 2.05) is 21.1 Å². The standard InChI is InChI=1S/C30H62N4O6S.HI/c1-6-7-8-9-10-11-12-13-14-15-16-17-18-19-20-21-23-32-30(36)39-27-28(40-29(35)31-2)26-33-41(37,38)25-22-24-34(3,4)5;/h28,33H,6-27H2,1-5H3,(H-,31,32,35,36);1H. The van der Waals surface area contributed by atoms with E-state index in [9.17, 15) is 18.0 Å². The number of quaternary nitrogens is 1. The van der Waals surface area contributed by atoms with Crippen molar-refractivity contribution in [3.63, 3.8) is 0 Å². The van der Waals surface area contributed by atoms with Crippen molar-refractivity contribution in [3.8, 4) is 0 Å². The Bertz CT molecular complexity index is 765. The molecule has 0 rings (SSSR count). The number of rotatable bonds is 27. The molecule has 1 atom stereocenters. The minimum atomic E-state index is -3.55. The number of hydrogen-bond donors (Lipinski definition) is 3. The number of ether oxygens (including phenoxy) is 2. The van der Waals surface area contributed by atoms with Crippen LogP contribution in [0.2, 0.25) is 0 Å². The molecule has 0 aliphatic heterocycles. The smallest absolute Gasteiger partial charge is 0.407 e. The first-order valence-corrected chi connectivity index (χ1v) is 17.7. The molecule has 2 amide bonds. The van der Waals surface area contributed by atoms with Gasteiger partial charge >= 0.3 is 12.2 Å². The number of unbranched alkanes of at least 4 members (excludes halogenated alkanes) is 15. The minimum absolute atomic E-state index is 0. The van der Waals surface area contributed by atoms with Gasteiger partial charge in [0.25, 0.3) is 0 Å². The Balaban J connectivity index is 0. The maximum Gasteiger partial charge on any atom is 0.407 e. The Morgan fingerprint density at radius 2 is 1.21 bits per heavy atom. The lowest BCUT2D eigenvalue weighted by molar-refractivity contribution is -0.870. The first-order valence-electron chi connectivity index (χ1n) is 16.1. The van der Waals surface area contributed by atoms with E-state index in [4.69, 9.17) is 9.47 Å². The number of halogens is 1. The molecule has 0 saturated heterocycles. The lowest BCUT2D eigenvalue weighted by atomic mass is 10.0. The van der Waals surface area contributed by atoms with E-state index in [0.717, 1.165) is 19.3 Å². The second-order valence-electron chi connectivity index (χ2n) is 12.1. The number of hydrogen-bond acceptors (Lipinski definition) is 6. The fourth-order valence-corrected chi connectivity index (χ4v) is 5.54. The molecule has 252 valence electrons. The lowest BCUT2D eigenvalue weighted by Gasteiger charge is -2.23. The second kappa shape index (κ2) is 27.7. The van der Waals surface area contributed by atoms with Gasteiger partial charge < -0.3 is 48.6 Å². The molecule has 42 heavy (non-hydrogen) atoms. The predicted octanol–water partition coefficient (Wildman–Crippen LogP) is 2.72. The lowest BCUT2D eigenvalue weighted by Crippen LogP contribution is -3.00. The van der Waals surface area contributed by atoms with Crippen molar-refractivity contribution in [3.05, 3.63) is 0 Å². The summed E-state index contributed by atoms with van der Waals surface area (Å²) >= 11 is 0. The van der Waals surface area contributed by atoms with E-state index in [-0.39, 0.29) is 42.9 Å². The third-order valence-corrected chi connectivity index (χ3v) is 8.38. The fraction of sp³-hybridized carbons (Fsp3) is 0.933. The van der Waals surface area contributed by atoms with E-state index < -0.39 is 28.3 Å². The van der Waals surface area contributed by atoms with Gasteiger partial charge in [0.15, 0.2) is 6.10 Å². The van der Waals surface area contributed by atoms with Gasteiger partial charge in [-0.15, -0.1) is 0 Å². The van der Waals surface area contributed by atoms with Crippen LogP contribution in [0.25, 0.3) is 0 Å². The summed E-state index contributed by atoms with van der Waals surface area (Å²) in [6, 6.07) is 0. The molecule has 0 aliphatic carbocycles. The SMILES string of the molecule is CCCCCCCCCCCCCCCCCCNC(=O)OCC(CNS(=O)(=O)CCC[N+](C)(C)C)OC(=O)NC.[I-]. The van der Waals surface area contributed by atoms with E-state index >= 15 is 0 Å². The van der Waals surface area contributed by atoms with Crippen LogP contribution < -0.4 is 39.3 Å². The number of carbonyl (C=O) groups is 2. The third-order valence-electron chi connectivity index (χ3n) is 6.95. The molecule has 0 aromatic carbocycles. The number of sulfonamides is 1. The Kier molecular flexibility index (Phi) is 28.5. The van der Waals surface area contributed by atoms with Crippen molar-refractivity contribution in [1.82, 2.24) is 15.4 Å². The van der Waals surface area contributed by atoms with Gasteiger partial charge in [-0.25, -0.2) is 22.7 Å². The number of nitrogens with one attached hydrogen (secondary N) is 3. The second-order valence-corrected chi connectivity index (χ2v) is 14.1. The van der Waals surface area contributed by atoms with Gasteiger partial charge in [0, 0.05) is 20.0 Å². The first-order chi connectivity index (χ1) is 19.5. The van der Waals surface area contributed by atoms with Crippen LogP contribution >= 0.6 is 0 Å². The summed E-state index contributed by atoms with van der Waals surface area (Å²) in [7, 11) is 3.84. The molecule has 10 nitrogen and oxygen atoms in total. The summed E-state index contributed by atoms with van der Waals surface area (Å²) in [5.41, 5.74) is 0. The van der Waals surface area contributed by atoms with Gasteiger partial charge in [-0.1, -0.05) is 103 Å². The molecular weight excluding hydrogens is 671 g/mol. The first kappa shape index (κ1) is 43.3. The summed E-state index contributed by atoms with van der Waals surface area (Å²) in [5, 5.41) is 5.03. The molecule has 0 aromatic rings. The van der Waals surface area contributed by atoms with Crippen LogP contribution in [0.4, 0.5) is 9.59 Å². The zero-order valence-electron chi connectivity index (χ0n) is 27.3. The van der Waals surface area contributed by atoms with Crippen molar-refractivity contribution < 1.29 is 55.9 Å². The quantitative estimate of drug-likeness (QED) is 0.0679. The van der Waals surface area contributed by atoms with Crippen molar-refractivity contribution in [2.24, 2.45) is 0 Å². The van der Waals surface area contributed by atoms with Crippen LogP contribution in [0.3, 0.4) is 0 Å². The van der Waals surface area contributed by atoms with Gasteiger partial charge in [-0.05, 0) is 6.42 Å². The average molecular weight is 735 g/mol. The van der Waals surface area contributed by atoms with Crippen molar-refractivity contribution >= 4 is 22.2 Å². The molecule has 0 bridgehead atoms. The average Bonchev–Trinajstić information content (AvgIpc) is 2.90. The predicted molar refractivity (Wildman–Crippen MR) is 168 cm³/mol. The van der Waals surface area contributed by atoms with Crippen LogP contribution in [0.5, 0.6) is 0 Å². The monoisotopic (exact) mass is 734 g/mol.